The van der Waals surface area contributed by atoms with Crippen LogP contribution in [0.15, 0.2) is 36.8 Å². The molecule has 11 nitrogen and oxygen atoms in total. The van der Waals surface area contributed by atoms with E-state index in [9.17, 15) is 18.3 Å². The predicted octanol–water partition coefficient (Wildman–Crippen LogP) is 3.31. The number of carbonyl (C=O) groups is 1. The summed E-state index contributed by atoms with van der Waals surface area (Å²) in [4.78, 5) is 24.9. The van der Waals surface area contributed by atoms with Crippen LogP contribution in [0.4, 0.5) is 23.0 Å². The molecule has 1 saturated carbocycles. The molecular weight excluding hydrogens is 518 g/mol. The Balaban J connectivity index is 1.38. The smallest absolute Gasteiger partial charge is 0.258 e. The van der Waals surface area contributed by atoms with E-state index in [1.54, 1.807) is 30.6 Å². The lowest BCUT2D eigenvalue weighted by Gasteiger charge is -2.38. The van der Waals surface area contributed by atoms with E-state index in [-0.39, 0.29) is 5.91 Å². The van der Waals surface area contributed by atoms with Gasteiger partial charge in [0.2, 0.25) is 10.0 Å². The Bertz CT molecular complexity index is 1490. The number of nitrogens with one attached hydrogen (secondary N) is 3. The lowest BCUT2D eigenvalue weighted by molar-refractivity contribution is 0.102. The van der Waals surface area contributed by atoms with Gasteiger partial charge in [-0.05, 0) is 75.0 Å². The molecule has 0 radical (unpaired) electrons. The van der Waals surface area contributed by atoms with Crippen molar-refractivity contribution in [1.29, 1.82) is 0 Å². The van der Waals surface area contributed by atoms with Crippen LogP contribution in [0.3, 0.4) is 0 Å². The fourth-order valence-corrected chi connectivity index (χ4v) is 6.96. The van der Waals surface area contributed by atoms with Crippen LogP contribution in [0, 0.1) is 11.3 Å². The molecule has 1 amide bonds. The largest absolute Gasteiger partial charge is 0.395 e. The number of fused-ring (bicyclic) bond motifs is 7. The highest BCUT2D eigenvalue weighted by Crippen LogP contribution is 2.58. The zero-order valence-corrected chi connectivity index (χ0v) is 22.9. The first-order valence-corrected chi connectivity index (χ1v) is 15.2. The zero-order valence-electron chi connectivity index (χ0n) is 22.1. The fourth-order valence-electron chi connectivity index (χ4n) is 6.11. The van der Waals surface area contributed by atoms with Crippen molar-refractivity contribution in [1.82, 2.24) is 14.4 Å². The molecule has 3 aromatic rings. The van der Waals surface area contributed by atoms with Gasteiger partial charge in [0.25, 0.3) is 5.91 Å². The Morgan fingerprint density at radius 3 is 2.77 bits per heavy atom. The molecule has 1 spiro atoms. The zero-order chi connectivity index (χ0) is 27.2. The van der Waals surface area contributed by atoms with Crippen LogP contribution in [0.1, 0.15) is 55.8 Å². The molecule has 4 bridgehead atoms. The molecule has 208 valence electrons. The molecule has 3 aliphatic heterocycles. The summed E-state index contributed by atoms with van der Waals surface area (Å²) in [6.07, 6.45) is 12.1. The van der Waals surface area contributed by atoms with Gasteiger partial charge < -0.3 is 25.0 Å². The fraction of sp³-hybridized carbons (Fsp3) is 0.519. The Labute approximate surface area is 228 Å². The Morgan fingerprint density at radius 2 is 2.03 bits per heavy atom. The van der Waals surface area contributed by atoms with E-state index in [0.717, 1.165) is 38.9 Å². The average Bonchev–Trinajstić information content (AvgIpc) is 3.57. The van der Waals surface area contributed by atoms with Gasteiger partial charge in [-0.1, -0.05) is 0 Å². The summed E-state index contributed by atoms with van der Waals surface area (Å²) in [5, 5.41) is 14.8. The van der Waals surface area contributed by atoms with Gasteiger partial charge in [0, 0.05) is 32.0 Å². The normalized spacial score (nSPS) is 20.4. The second kappa shape index (κ2) is 9.98. The summed E-state index contributed by atoms with van der Waals surface area (Å²) in [7, 11) is -3.78. The lowest BCUT2D eigenvalue weighted by atomic mass is 9.78. The van der Waals surface area contributed by atoms with Crippen LogP contribution in [-0.4, -0.2) is 65.3 Å². The van der Waals surface area contributed by atoms with Crippen molar-refractivity contribution in [2.45, 2.75) is 50.7 Å². The summed E-state index contributed by atoms with van der Waals surface area (Å²) in [6, 6.07) is 4.97. The number of hydrogen-bond donors (Lipinski definition) is 4. The number of aromatic nitrogens is 3. The van der Waals surface area contributed by atoms with Crippen molar-refractivity contribution in [3.63, 3.8) is 0 Å². The van der Waals surface area contributed by atoms with Gasteiger partial charge in [0.15, 0.2) is 17.3 Å². The van der Waals surface area contributed by atoms with Crippen molar-refractivity contribution < 1.29 is 18.3 Å². The number of imidazole rings is 1. The molecule has 39 heavy (non-hydrogen) atoms. The molecular formula is C27H35N7O4S. The number of hydrogen-bond acceptors (Lipinski definition) is 8. The van der Waals surface area contributed by atoms with Gasteiger partial charge in [0.05, 0.1) is 29.7 Å². The maximum Gasteiger partial charge on any atom is 0.258 e. The standard InChI is InChI=1S/C27H35N7O4S/c1-18(17-35)39(37,38)32-20-3-4-21-22(15-20)33-12-5-19(6-13-33)27(8-9-27)7-2-10-28-24-25-29-11-14-34(25)16-23(30-24)31-26(21)36/h3-4,11,14-16,18-19,32,35H,2,5-10,12-13,17H2,1H3,(H,28,30)(H,31,36)/t18-/m0/s1. The quantitative estimate of drug-likeness (QED) is 0.386. The molecule has 0 unspecified atom stereocenters. The molecule has 4 aliphatic rings. The minimum absolute atomic E-state index is 0.325. The highest BCUT2D eigenvalue weighted by molar-refractivity contribution is 7.93. The first-order valence-electron chi connectivity index (χ1n) is 13.7. The van der Waals surface area contributed by atoms with Crippen LogP contribution < -0.4 is 20.3 Å². The molecule has 5 heterocycles. The van der Waals surface area contributed by atoms with Gasteiger partial charge in [-0.25, -0.2) is 18.4 Å². The Morgan fingerprint density at radius 1 is 1.23 bits per heavy atom. The summed E-state index contributed by atoms with van der Waals surface area (Å²) in [5.74, 6) is 1.34. The van der Waals surface area contributed by atoms with E-state index in [0.29, 0.717) is 45.6 Å². The number of nitrogens with zero attached hydrogens (tertiary/aromatic N) is 4. The second-order valence-corrected chi connectivity index (χ2v) is 13.2. The summed E-state index contributed by atoms with van der Waals surface area (Å²) < 4.78 is 29.7. The van der Waals surface area contributed by atoms with E-state index < -0.39 is 21.9 Å². The summed E-state index contributed by atoms with van der Waals surface area (Å²) >= 11 is 0. The number of anilines is 4. The van der Waals surface area contributed by atoms with Crippen molar-refractivity contribution in [2.24, 2.45) is 11.3 Å². The summed E-state index contributed by atoms with van der Waals surface area (Å²) in [5.41, 5.74) is 2.60. The molecule has 7 rings (SSSR count). The monoisotopic (exact) mass is 553 g/mol. The topological polar surface area (TPSA) is 141 Å². The van der Waals surface area contributed by atoms with Crippen molar-refractivity contribution in [2.75, 3.05) is 46.5 Å². The number of aliphatic hydroxyl groups is 1. The third-order valence-electron chi connectivity index (χ3n) is 8.64. The second-order valence-electron chi connectivity index (χ2n) is 11.1. The molecule has 2 fully saturated rings. The maximum atomic E-state index is 13.6. The van der Waals surface area contributed by atoms with Crippen molar-refractivity contribution in [3.05, 3.63) is 42.4 Å². The molecule has 1 saturated heterocycles. The van der Waals surface area contributed by atoms with Crippen LogP contribution in [0.2, 0.25) is 0 Å². The van der Waals surface area contributed by atoms with Crippen LogP contribution in [0.25, 0.3) is 5.65 Å². The van der Waals surface area contributed by atoms with Crippen LogP contribution in [-0.2, 0) is 10.0 Å². The van der Waals surface area contributed by atoms with E-state index in [1.165, 1.54) is 26.2 Å². The van der Waals surface area contributed by atoms with Crippen molar-refractivity contribution >= 4 is 44.6 Å². The number of aliphatic hydroxyl groups excluding tert-OH is 1. The van der Waals surface area contributed by atoms with Gasteiger partial charge in [-0.2, -0.15) is 0 Å². The van der Waals surface area contributed by atoms with Gasteiger partial charge in [-0.15, -0.1) is 0 Å². The lowest BCUT2D eigenvalue weighted by Crippen LogP contribution is -2.38. The van der Waals surface area contributed by atoms with Crippen molar-refractivity contribution in [3.8, 4) is 0 Å². The van der Waals surface area contributed by atoms with E-state index in [2.05, 4.69) is 30.2 Å². The first kappa shape index (κ1) is 25.9. The molecule has 4 N–H and O–H groups in total. The Kier molecular flexibility index (Phi) is 6.62. The number of piperidine rings is 1. The average molecular weight is 554 g/mol. The highest BCUT2D eigenvalue weighted by Gasteiger charge is 2.48. The van der Waals surface area contributed by atoms with Crippen LogP contribution >= 0.6 is 0 Å². The molecule has 1 atom stereocenters. The number of rotatable bonds is 4. The maximum absolute atomic E-state index is 13.6. The Hall–Kier alpha value is -3.38. The minimum atomic E-state index is -3.78. The number of carbonyl (C=O) groups excluding carboxylic acids is 1. The number of benzene rings is 1. The highest BCUT2D eigenvalue weighted by atomic mass is 32.2. The van der Waals surface area contributed by atoms with E-state index in [4.69, 9.17) is 0 Å². The third kappa shape index (κ3) is 5.03. The molecule has 12 heteroatoms. The summed E-state index contributed by atoms with van der Waals surface area (Å²) in [6.45, 7) is 3.37. The van der Waals surface area contributed by atoms with Crippen LogP contribution in [0.5, 0.6) is 0 Å². The van der Waals surface area contributed by atoms with E-state index in [1.807, 2.05) is 10.6 Å². The van der Waals surface area contributed by atoms with E-state index >= 15 is 0 Å². The molecule has 2 aromatic heterocycles. The van der Waals surface area contributed by atoms with Gasteiger partial charge in [0.1, 0.15) is 5.25 Å². The van der Waals surface area contributed by atoms with Gasteiger partial charge >= 0.3 is 0 Å². The molecule has 1 aliphatic carbocycles. The SMILES string of the molecule is C[C@@H](CO)S(=O)(=O)Nc1ccc2c(c1)N1CCC(CC1)C1(CCCNc3nc(cn4ccnc34)NC2=O)CC1. The van der Waals surface area contributed by atoms with Gasteiger partial charge in [-0.3, -0.25) is 9.52 Å². The predicted molar refractivity (Wildman–Crippen MR) is 151 cm³/mol. The number of amides is 1. The minimum Gasteiger partial charge on any atom is -0.395 e. The third-order valence-corrected chi connectivity index (χ3v) is 10.4. The number of sulfonamides is 1. The molecule has 1 aromatic carbocycles. The first-order chi connectivity index (χ1) is 18.8.